The highest BCUT2D eigenvalue weighted by Gasteiger charge is 2.25. The molecule has 1 atom stereocenters. The lowest BCUT2D eigenvalue weighted by Crippen LogP contribution is -2.29. The lowest BCUT2D eigenvalue weighted by molar-refractivity contribution is -0.124. The first-order valence-corrected chi connectivity index (χ1v) is 12.4. The molecule has 3 rings (SSSR count). The lowest BCUT2D eigenvalue weighted by atomic mass is 9.95. The Morgan fingerprint density at radius 3 is 1.85 bits per heavy atom. The van der Waals surface area contributed by atoms with Crippen molar-refractivity contribution in [1.82, 2.24) is 9.97 Å². The van der Waals surface area contributed by atoms with Crippen LogP contribution < -0.4 is 10.6 Å². The maximum absolute atomic E-state index is 13.1. The number of thiazole rings is 2. The molecule has 0 bridgehead atoms. The Bertz CT molecular complexity index is 1250. The maximum Gasteiger partial charge on any atom is 0.230 e. The quantitative estimate of drug-likeness (QED) is 0.380. The second kappa shape index (κ2) is 11.0. The van der Waals surface area contributed by atoms with Gasteiger partial charge in [0, 0.05) is 35.0 Å². The van der Waals surface area contributed by atoms with Crippen molar-refractivity contribution in [3.8, 4) is 0 Å². The average Bonchev–Trinajstić information content (AvgIpc) is 3.30. The molecule has 2 amide bonds. The van der Waals surface area contributed by atoms with Gasteiger partial charge < -0.3 is 10.6 Å². The summed E-state index contributed by atoms with van der Waals surface area (Å²) in [6.45, 7) is 6.34. The van der Waals surface area contributed by atoms with Gasteiger partial charge in [-0.15, -0.1) is 22.7 Å². The number of rotatable bonds is 9. The second-order valence-electron chi connectivity index (χ2n) is 7.73. The normalized spacial score (nSPS) is 11.7. The number of carbonyl (C=O) groups excluding carboxylic acids is 4. The van der Waals surface area contributed by atoms with Gasteiger partial charge in [0.2, 0.25) is 11.8 Å². The molecule has 11 heteroatoms. The Labute approximate surface area is 209 Å². The van der Waals surface area contributed by atoms with Gasteiger partial charge in [0.05, 0.1) is 5.92 Å². The minimum atomic E-state index is -0.723. The number of nitrogens with one attached hydrogen (secondary N) is 2. The molecule has 2 heterocycles. The largest absolute Gasteiger partial charge is 0.302 e. The average molecular weight is 519 g/mol. The van der Waals surface area contributed by atoms with Crippen LogP contribution >= 0.6 is 34.3 Å². The lowest BCUT2D eigenvalue weighted by Gasteiger charge is -2.16. The number of amides is 2. The molecule has 34 heavy (non-hydrogen) atoms. The van der Waals surface area contributed by atoms with E-state index in [9.17, 15) is 19.2 Å². The van der Waals surface area contributed by atoms with Crippen LogP contribution in [0.3, 0.4) is 0 Å². The molecule has 2 N–H and O–H groups in total. The molecule has 8 nitrogen and oxygen atoms in total. The summed E-state index contributed by atoms with van der Waals surface area (Å²) < 4.78 is 0. The van der Waals surface area contributed by atoms with E-state index < -0.39 is 17.7 Å². The first kappa shape index (κ1) is 25.7. The van der Waals surface area contributed by atoms with Crippen LogP contribution in [0.2, 0.25) is 5.02 Å². The Balaban J connectivity index is 1.77. The molecule has 3 aromatic rings. The highest BCUT2D eigenvalue weighted by Crippen LogP contribution is 2.26. The van der Waals surface area contributed by atoms with Crippen LogP contribution in [0, 0.1) is 19.8 Å². The van der Waals surface area contributed by atoms with E-state index in [1.54, 1.807) is 38.1 Å². The summed E-state index contributed by atoms with van der Waals surface area (Å²) in [4.78, 5) is 59.0. The third-order valence-electron chi connectivity index (χ3n) is 4.93. The first-order chi connectivity index (χ1) is 16.0. The zero-order valence-corrected chi connectivity index (χ0v) is 21.4. The van der Waals surface area contributed by atoms with Crippen molar-refractivity contribution in [2.45, 2.75) is 40.5 Å². The summed E-state index contributed by atoms with van der Waals surface area (Å²) in [5.74, 6) is -1.89. The van der Waals surface area contributed by atoms with Crippen LogP contribution in [0.4, 0.5) is 10.3 Å². The Morgan fingerprint density at radius 2 is 1.38 bits per heavy atom. The van der Waals surface area contributed by atoms with Crippen molar-refractivity contribution in [3.63, 3.8) is 0 Å². The molecular weight excluding hydrogens is 496 g/mol. The molecule has 0 fully saturated rings. The van der Waals surface area contributed by atoms with Crippen molar-refractivity contribution in [2.24, 2.45) is 5.92 Å². The van der Waals surface area contributed by atoms with Gasteiger partial charge in [-0.05, 0) is 38.0 Å². The van der Waals surface area contributed by atoms with E-state index in [0.717, 1.165) is 5.56 Å². The summed E-state index contributed by atoms with van der Waals surface area (Å²) >= 11 is 8.37. The van der Waals surface area contributed by atoms with Crippen molar-refractivity contribution in [2.75, 3.05) is 10.6 Å². The zero-order chi connectivity index (χ0) is 25.0. The number of aromatic nitrogens is 2. The van der Waals surface area contributed by atoms with Crippen LogP contribution in [-0.4, -0.2) is 33.3 Å². The Hall–Kier alpha value is -2.95. The molecule has 1 aromatic carbocycles. The predicted octanol–water partition coefficient (Wildman–Crippen LogP) is 5.10. The van der Waals surface area contributed by atoms with Crippen LogP contribution in [0.15, 0.2) is 24.3 Å². The van der Waals surface area contributed by atoms with Crippen LogP contribution in [0.5, 0.6) is 0 Å². The van der Waals surface area contributed by atoms with Gasteiger partial charge in [-0.25, -0.2) is 9.97 Å². The topological polar surface area (TPSA) is 118 Å². The highest BCUT2D eigenvalue weighted by atomic mass is 35.5. The number of nitrogens with zero attached hydrogens (tertiary/aromatic N) is 2. The molecule has 0 radical (unpaired) electrons. The van der Waals surface area contributed by atoms with E-state index in [0.29, 0.717) is 36.4 Å². The van der Waals surface area contributed by atoms with Gasteiger partial charge in [0.15, 0.2) is 21.8 Å². The second-order valence-corrected chi connectivity index (χ2v) is 10.6. The van der Waals surface area contributed by atoms with Crippen molar-refractivity contribution in [1.29, 1.82) is 0 Å². The number of Topliss-reactive ketones (excluding diaryl/α,β-unsaturated/α-hetero) is 2. The Kier molecular flexibility index (Phi) is 8.29. The van der Waals surface area contributed by atoms with Gasteiger partial charge >= 0.3 is 0 Å². The minimum Gasteiger partial charge on any atom is -0.302 e. The number of halogens is 1. The third-order valence-corrected chi connectivity index (χ3v) is 6.96. The van der Waals surface area contributed by atoms with E-state index in [1.165, 1.54) is 36.5 Å². The number of carbonyl (C=O) groups is 4. The number of hydrogen-bond donors (Lipinski definition) is 2. The third kappa shape index (κ3) is 6.55. The SMILES string of the molecule is CC(=O)c1nc(NC(=O)CC(Cc2ccc(Cl)cc2)C(=O)Nc2nc(C(C)=O)c(C)s2)sc1C. The number of ketones is 2. The van der Waals surface area contributed by atoms with E-state index in [1.807, 2.05) is 0 Å². The summed E-state index contributed by atoms with van der Waals surface area (Å²) in [7, 11) is 0. The Morgan fingerprint density at radius 1 is 0.882 bits per heavy atom. The number of aryl methyl sites for hydroxylation is 2. The molecule has 178 valence electrons. The van der Waals surface area contributed by atoms with Crippen LogP contribution in [0.25, 0.3) is 0 Å². The van der Waals surface area contributed by atoms with E-state index >= 15 is 0 Å². The highest BCUT2D eigenvalue weighted by molar-refractivity contribution is 7.16. The molecular formula is C23H23ClN4O4S2. The fraction of sp³-hybridized carbons (Fsp3) is 0.304. The van der Waals surface area contributed by atoms with Gasteiger partial charge in [-0.3, -0.25) is 19.2 Å². The molecule has 1 unspecified atom stereocenters. The van der Waals surface area contributed by atoms with Crippen LogP contribution in [-0.2, 0) is 16.0 Å². The maximum atomic E-state index is 13.1. The number of benzene rings is 1. The molecule has 0 aliphatic heterocycles. The zero-order valence-electron chi connectivity index (χ0n) is 19.0. The molecule has 2 aromatic heterocycles. The van der Waals surface area contributed by atoms with Gasteiger partial charge in [-0.2, -0.15) is 0 Å². The van der Waals surface area contributed by atoms with Gasteiger partial charge in [-0.1, -0.05) is 23.7 Å². The predicted molar refractivity (Wildman–Crippen MR) is 134 cm³/mol. The summed E-state index contributed by atoms with van der Waals surface area (Å²) in [6, 6.07) is 7.03. The number of hydrogen-bond acceptors (Lipinski definition) is 8. The van der Waals surface area contributed by atoms with Crippen LogP contribution in [0.1, 0.15) is 56.6 Å². The van der Waals surface area contributed by atoms with Crippen molar-refractivity contribution in [3.05, 3.63) is 56.0 Å². The fourth-order valence-electron chi connectivity index (χ4n) is 3.32. The molecule has 0 aliphatic rings. The minimum absolute atomic E-state index is 0.119. The summed E-state index contributed by atoms with van der Waals surface area (Å²) in [5, 5.41) is 6.60. The number of anilines is 2. The molecule has 0 aliphatic carbocycles. The van der Waals surface area contributed by atoms with Gasteiger partial charge in [0.1, 0.15) is 11.4 Å². The molecule has 0 saturated carbocycles. The van der Waals surface area contributed by atoms with Gasteiger partial charge in [0.25, 0.3) is 0 Å². The van der Waals surface area contributed by atoms with Crippen molar-refractivity contribution < 1.29 is 19.2 Å². The van der Waals surface area contributed by atoms with E-state index in [-0.39, 0.29) is 24.4 Å². The first-order valence-electron chi connectivity index (χ1n) is 10.4. The standard InChI is InChI=1S/C23H23ClN4O4S2/c1-11(29)19-13(3)33-22(26-19)25-18(31)10-16(9-15-5-7-17(24)8-6-15)21(32)28-23-27-20(12(2)30)14(4)34-23/h5-8,16H,9-10H2,1-4H3,(H,25,26,31)(H,27,28,32). The van der Waals surface area contributed by atoms with Crippen molar-refractivity contribution >= 4 is 67.9 Å². The molecule has 0 spiro atoms. The molecule has 0 saturated heterocycles. The fourth-order valence-corrected chi connectivity index (χ4v) is 5.19. The van der Waals surface area contributed by atoms with E-state index in [2.05, 4.69) is 20.6 Å². The summed E-state index contributed by atoms with van der Waals surface area (Å²) in [6.07, 6.45) is 0.169. The smallest absolute Gasteiger partial charge is 0.230 e. The summed E-state index contributed by atoms with van der Waals surface area (Å²) in [5.41, 5.74) is 1.46. The monoisotopic (exact) mass is 518 g/mol. The van der Waals surface area contributed by atoms with E-state index in [4.69, 9.17) is 11.6 Å².